The Morgan fingerprint density at radius 3 is 2.57 bits per heavy atom. The van der Waals surface area contributed by atoms with E-state index in [1.807, 2.05) is 11.8 Å². The lowest BCUT2D eigenvalue weighted by Crippen LogP contribution is -2.36. The highest BCUT2D eigenvalue weighted by atomic mass is 32.1. The molecule has 3 rings (SSSR count). The van der Waals surface area contributed by atoms with E-state index in [0.717, 1.165) is 29.2 Å². The fraction of sp³-hybridized carbons (Fsp3) is 0.474. The maximum atomic E-state index is 12.8. The second-order valence-electron chi connectivity index (χ2n) is 6.30. The zero-order valence-corrected chi connectivity index (χ0v) is 14.7. The summed E-state index contributed by atoms with van der Waals surface area (Å²) in [4.78, 5) is 19.4. The van der Waals surface area contributed by atoms with Crippen molar-refractivity contribution < 1.29 is 4.79 Å². The number of amides is 1. The zero-order chi connectivity index (χ0) is 16.2. The number of thiazole rings is 1. The molecule has 0 saturated heterocycles. The van der Waals surface area contributed by atoms with E-state index >= 15 is 0 Å². The molecule has 4 heteroatoms. The first-order chi connectivity index (χ1) is 11.2. The van der Waals surface area contributed by atoms with E-state index in [-0.39, 0.29) is 11.8 Å². The Morgan fingerprint density at radius 1 is 1.22 bits per heavy atom. The van der Waals surface area contributed by atoms with Crippen LogP contribution in [0.25, 0.3) is 11.3 Å². The predicted molar refractivity (Wildman–Crippen MR) is 96.9 cm³/mol. The summed E-state index contributed by atoms with van der Waals surface area (Å²) in [5.74, 6) is 0.451. The summed E-state index contributed by atoms with van der Waals surface area (Å²) in [6.07, 6.45) is 5.70. The van der Waals surface area contributed by atoms with Gasteiger partial charge in [0.25, 0.3) is 0 Å². The molecule has 0 N–H and O–H groups in total. The van der Waals surface area contributed by atoms with Crippen LogP contribution in [0, 0.1) is 12.8 Å². The molecule has 2 aromatic rings. The Labute approximate surface area is 142 Å². The molecule has 3 nitrogen and oxygen atoms in total. The van der Waals surface area contributed by atoms with Gasteiger partial charge in [-0.2, -0.15) is 0 Å². The second-order valence-corrected chi connectivity index (χ2v) is 7.14. The summed E-state index contributed by atoms with van der Waals surface area (Å²) in [6.45, 7) is 4.81. The molecule has 0 aliphatic heterocycles. The van der Waals surface area contributed by atoms with Gasteiger partial charge >= 0.3 is 0 Å². The number of carbonyl (C=O) groups is 1. The summed E-state index contributed by atoms with van der Waals surface area (Å²) in [6, 6.07) is 8.37. The number of hydrogen-bond acceptors (Lipinski definition) is 3. The summed E-state index contributed by atoms with van der Waals surface area (Å²) < 4.78 is 0. The van der Waals surface area contributed by atoms with Crippen LogP contribution in [0.5, 0.6) is 0 Å². The Hall–Kier alpha value is -1.68. The molecular weight excluding hydrogens is 304 g/mol. The van der Waals surface area contributed by atoms with Crippen molar-refractivity contribution in [2.24, 2.45) is 5.92 Å². The first-order valence-electron chi connectivity index (χ1n) is 8.53. The van der Waals surface area contributed by atoms with Gasteiger partial charge in [-0.15, -0.1) is 11.3 Å². The lowest BCUT2D eigenvalue weighted by atomic mass is 9.88. The van der Waals surface area contributed by atoms with Crippen LogP contribution in [0.3, 0.4) is 0 Å². The minimum Gasteiger partial charge on any atom is -0.288 e. The molecule has 0 atom stereocenters. The SMILES string of the molecule is CCN(C(=O)C1CCCCC1)c1nc(-c2ccc(C)cc2)cs1. The molecule has 1 heterocycles. The first-order valence-corrected chi connectivity index (χ1v) is 9.41. The Balaban J connectivity index is 1.79. The molecule has 1 saturated carbocycles. The van der Waals surface area contributed by atoms with E-state index in [2.05, 4.69) is 36.6 Å². The minimum absolute atomic E-state index is 0.190. The Kier molecular flexibility index (Phi) is 5.11. The average molecular weight is 328 g/mol. The molecule has 23 heavy (non-hydrogen) atoms. The van der Waals surface area contributed by atoms with Gasteiger partial charge in [0.2, 0.25) is 5.91 Å². The molecule has 1 aromatic carbocycles. The molecule has 0 spiro atoms. The fourth-order valence-corrected chi connectivity index (χ4v) is 4.10. The van der Waals surface area contributed by atoms with Crippen LogP contribution in [0.1, 0.15) is 44.6 Å². The van der Waals surface area contributed by atoms with E-state index in [1.54, 1.807) is 11.3 Å². The molecular formula is C19H24N2OS. The van der Waals surface area contributed by atoms with E-state index in [1.165, 1.54) is 24.8 Å². The smallest absolute Gasteiger partial charge is 0.231 e. The van der Waals surface area contributed by atoms with Crippen molar-refractivity contribution in [2.75, 3.05) is 11.4 Å². The third kappa shape index (κ3) is 3.63. The van der Waals surface area contributed by atoms with Crippen LogP contribution in [0.4, 0.5) is 5.13 Å². The number of aryl methyl sites for hydroxylation is 1. The van der Waals surface area contributed by atoms with Crippen molar-refractivity contribution in [1.82, 2.24) is 4.98 Å². The molecule has 1 aromatic heterocycles. The number of nitrogens with zero attached hydrogens (tertiary/aromatic N) is 2. The highest BCUT2D eigenvalue weighted by Crippen LogP contribution is 2.31. The first kappa shape index (κ1) is 16.2. The molecule has 1 aliphatic rings. The maximum absolute atomic E-state index is 12.8. The zero-order valence-electron chi connectivity index (χ0n) is 13.9. The van der Waals surface area contributed by atoms with Gasteiger partial charge in [-0.25, -0.2) is 4.98 Å². The van der Waals surface area contributed by atoms with E-state index in [0.29, 0.717) is 6.54 Å². The molecule has 0 unspecified atom stereocenters. The van der Waals surface area contributed by atoms with Gasteiger partial charge in [-0.1, -0.05) is 49.1 Å². The van der Waals surface area contributed by atoms with Gasteiger partial charge in [0.05, 0.1) is 5.69 Å². The van der Waals surface area contributed by atoms with Crippen LogP contribution < -0.4 is 4.90 Å². The van der Waals surface area contributed by atoms with Crippen LogP contribution in [0.2, 0.25) is 0 Å². The van der Waals surface area contributed by atoms with Gasteiger partial charge < -0.3 is 0 Å². The summed E-state index contributed by atoms with van der Waals surface area (Å²) >= 11 is 1.57. The Morgan fingerprint density at radius 2 is 1.91 bits per heavy atom. The van der Waals surface area contributed by atoms with Crippen molar-refractivity contribution in [3.8, 4) is 11.3 Å². The number of carbonyl (C=O) groups excluding carboxylic acids is 1. The second kappa shape index (κ2) is 7.26. The average Bonchev–Trinajstić information content (AvgIpc) is 3.06. The van der Waals surface area contributed by atoms with Gasteiger partial charge in [-0.3, -0.25) is 9.69 Å². The highest BCUT2D eigenvalue weighted by molar-refractivity contribution is 7.14. The normalized spacial score (nSPS) is 15.6. The van der Waals surface area contributed by atoms with Gasteiger partial charge in [0.1, 0.15) is 0 Å². The lowest BCUT2D eigenvalue weighted by Gasteiger charge is -2.26. The van der Waals surface area contributed by atoms with Gasteiger partial charge in [-0.05, 0) is 26.7 Å². The standard InChI is InChI=1S/C19H24N2OS/c1-3-21(18(22)16-7-5-4-6-8-16)19-20-17(13-23-19)15-11-9-14(2)10-12-15/h9-13,16H,3-8H2,1-2H3. The summed E-state index contributed by atoms with van der Waals surface area (Å²) in [7, 11) is 0. The highest BCUT2D eigenvalue weighted by Gasteiger charge is 2.27. The number of rotatable bonds is 4. The number of aromatic nitrogens is 1. The number of anilines is 1. The van der Waals surface area contributed by atoms with Crippen LogP contribution >= 0.6 is 11.3 Å². The predicted octanol–water partition coefficient (Wildman–Crippen LogP) is 5.05. The lowest BCUT2D eigenvalue weighted by molar-refractivity contribution is -0.123. The van der Waals surface area contributed by atoms with Crippen molar-refractivity contribution in [2.45, 2.75) is 46.0 Å². The van der Waals surface area contributed by atoms with Gasteiger partial charge in [0, 0.05) is 23.4 Å². The molecule has 1 aliphatic carbocycles. The van der Waals surface area contributed by atoms with Crippen LogP contribution in [-0.4, -0.2) is 17.4 Å². The van der Waals surface area contributed by atoms with E-state index in [4.69, 9.17) is 4.98 Å². The minimum atomic E-state index is 0.190. The fourth-order valence-electron chi connectivity index (χ4n) is 3.20. The van der Waals surface area contributed by atoms with Crippen LogP contribution in [-0.2, 0) is 4.79 Å². The Bertz CT molecular complexity index is 656. The third-order valence-corrected chi connectivity index (χ3v) is 5.47. The molecule has 0 bridgehead atoms. The van der Waals surface area contributed by atoms with E-state index < -0.39 is 0 Å². The molecule has 1 fully saturated rings. The maximum Gasteiger partial charge on any atom is 0.231 e. The van der Waals surface area contributed by atoms with Crippen molar-refractivity contribution in [1.29, 1.82) is 0 Å². The van der Waals surface area contributed by atoms with Crippen molar-refractivity contribution in [3.63, 3.8) is 0 Å². The third-order valence-electron chi connectivity index (χ3n) is 4.61. The van der Waals surface area contributed by atoms with Crippen molar-refractivity contribution >= 4 is 22.4 Å². The molecule has 0 radical (unpaired) electrons. The monoisotopic (exact) mass is 328 g/mol. The summed E-state index contributed by atoms with van der Waals surface area (Å²) in [5.41, 5.74) is 3.31. The topological polar surface area (TPSA) is 33.2 Å². The van der Waals surface area contributed by atoms with Gasteiger partial charge in [0.15, 0.2) is 5.13 Å². The van der Waals surface area contributed by atoms with Crippen molar-refractivity contribution in [3.05, 3.63) is 35.2 Å². The quantitative estimate of drug-likeness (QED) is 0.786. The number of benzene rings is 1. The largest absolute Gasteiger partial charge is 0.288 e. The molecule has 1 amide bonds. The van der Waals surface area contributed by atoms with E-state index in [9.17, 15) is 4.79 Å². The number of hydrogen-bond donors (Lipinski definition) is 0. The summed E-state index contributed by atoms with van der Waals surface area (Å²) in [5, 5.41) is 2.88. The van der Waals surface area contributed by atoms with Crippen LogP contribution in [0.15, 0.2) is 29.6 Å². The molecule has 122 valence electrons.